The number of rotatable bonds is 7. The maximum Gasteiger partial charge on any atom is 0.273 e. The SMILES string of the molecule is CCn1nc(C(C)C)cc1C(=O)Nc1ccc(C)c(S(=O)(=O)Nc2cccc(C)c2)c1. The number of nitrogens with zero attached hydrogens (tertiary/aromatic N) is 2. The van der Waals surface area contributed by atoms with Crippen LogP contribution in [0.4, 0.5) is 11.4 Å². The van der Waals surface area contributed by atoms with E-state index >= 15 is 0 Å². The highest BCUT2D eigenvalue weighted by Crippen LogP contribution is 2.24. The Balaban J connectivity index is 1.88. The normalized spacial score (nSPS) is 11.5. The van der Waals surface area contributed by atoms with Crippen LogP contribution in [0, 0.1) is 13.8 Å². The van der Waals surface area contributed by atoms with Crippen LogP contribution in [-0.2, 0) is 16.6 Å². The number of hydrogen-bond acceptors (Lipinski definition) is 4. The summed E-state index contributed by atoms with van der Waals surface area (Å²) < 4.78 is 30.2. The van der Waals surface area contributed by atoms with Gasteiger partial charge in [-0.1, -0.05) is 32.0 Å². The molecule has 0 bridgehead atoms. The standard InChI is InChI=1S/C23H28N4O3S/c1-6-27-21(14-20(25-27)15(2)3)23(28)24-18-11-10-17(5)22(13-18)31(29,30)26-19-9-7-8-16(4)12-19/h7-15,26H,6H2,1-5H3,(H,24,28). The van der Waals surface area contributed by atoms with Crippen LogP contribution in [0.1, 0.15) is 54.0 Å². The average molecular weight is 441 g/mol. The lowest BCUT2D eigenvalue weighted by Gasteiger charge is -2.13. The first-order valence-corrected chi connectivity index (χ1v) is 11.7. The molecule has 0 aliphatic carbocycles. The lowest BCUT2D eigenvalue weighted by atomic mass is 10.1. The van der Waals surface area contributed by atoms with Gasteiger partial charge in [-0.2, -0.15) is 5.10 Å². The molecule has 2 aromatic carbocycles. The number of carbonyl (C=O) groups is 1. The first-order chi connectivity index (χ1) is 14.6. The molecule has 0 atom stereocenters. The van der Waals surface area contributed by atoms with Crippen molar-refractivity contribution in [2.45, 2.75) is 52.0 Å². The van der Waals surface area contributed by atoms with Crippen molar-refractivity contribution in [2.24, 2.45) is 0 Å². The van der Waals surface area contributed by atoms with Gasteiger partial charge in [0, 0.05) is 17.9 Å². The van der Waals surface area contributed by atoms with E-state index in [-0.39, 0.29) is 16.7 Å². The lowest BCUT2D eigenvalue weighted by molar-refractivity contribution is 0.101. The molecule has 1 amide bonds. The van der Waals surface area contributed by atoms with Gasteiger partial charge in [0.15, 0.2) is 0 Å². The van der Waals surface area contributed by atoms with Crippen molar-refractivity contribution < 1.29 is 13.2 Å². The third-order valence-corrected chi connectivity index (χ3v) is 6.45. The highest BCUT2D eigenvalue weighted by Gasteiger charge is 2.20. The second-order valence-electron chi connectivity index (χ2n) is 7.83. The van der Waals surface area contributed by atoms with Crippen molar-refractivity contribution in [2.75, 3.05) is 10.0 Å². The van der Waals surface area contributed by atoms with Gasteiger partial charge in [-0.15, -0.1) is 0 Å². The largest absolute Gasteiger partial charge is 0.321 e. The number of amides is 1. The second-order valence-corrected chi connectivity index (χ2v) is 9.49. The molecule has 0 fully saturated rings. The van der Waals surface area contributed by atoms with Crippen molar-refractivity contribution in [3.8, 4) is 0 Å². The van der Waals surface area contributed by atoms with Crippen molar-refractivity contribution in [1.82, 2.24) is 9.78 Å². The number of sulfonamides is 1. The van der Waals surface area contributed by atoms with E-state index in [1.165, 1.54) is 6.07 Å². The summed E-state index contributed by atoms with van der Waals surface area (Å²) in [4.78, 5) is 13.0. The quantitative estimate of drug-likeness (QED) is 0.557. The summed E-state index contributed by atoms with van der Waals surface area (Å²) in [5.74, 6) is -0.136. The van der Waals surface area contributed by atoms with E-state index in [0.29, 0.717) is 29.2 Å². The molecule has 164 valence electrons. The number of aromatic nitrogens is 2. The van der Waals surface area contributed by atoms with E-state index in [4.69, 9.17) is 0 Å². The maximum atomic E-state index is 13.0. The van der Waals surface area contributed by atoms with Crippen LogP contribution < -0.4 is 10.0 Å². The smallest absolute Gasteiger partial charge is 0.273 e. The molecular formula is C23H28N4O3S. The fourth-order valence-corrected chi connectivity index (χ4v) is 4.55. The van der Waals surface area contributed by atoms with E-state index in [1.54, 1.807) is 48.0 Å². The monoisotopic (exact) mass is 440 g/mol. The Hall–Kier alpha value is -3.13. The molecule has 1 heterocycles. The van der Waals surface area contributed by atoms with Crippen molar-refractivity contribution in [3.63, 3.8) is 0 Å². The molecular weight excluding hydrogens is 412 g/mol. The molecule has 0 aliphatic heterocycles. The van der Waals surface area contributed by atoms with Crippen LogP contribution >= 0.6 is 0 Å². The minimum Gasteiger partial charge on any atom is -0.321 e. The van der Waals surface area contributed by atoms with Crippen molar-refractivity contribution in [1.29, 1.82) is 0 Å². The van der Waals surface area contributed by atoms with Gasteiger partial charge < -0.3 is 5.32 Å². The fourth-order valence-electron chi connectivity index (χ4n) is 3.22. The first-order valence-electron chi connectivity index (χ1n) is 10.2. The van der Waals surface area contributed by atoms with Crippen LogP contribution in [0.2, 0.25) is 0 Å². The van der Waals surface area contributed by atoms with Crippen LogP contribution in [0.5, 0.6) is 0 Å². The summed E-state index contributed by atoms with van der Waals surface area (Å²) in [5.41, 5.74) is 3.69. The van der Waals surface area contributed by atoms with Crippen LogP contribution in [0.25, 0.3) is 0 Å². The molecule has 0 saturated heterocycles. The van der Waals surface area contributed by atoms with Gasteiger partial charge in [0.2, 0.25) is 0 Å². The Morgan fingerprint density at radius 2 is 1.81 bits per heavy atom. The van der Waals surface area contributed by atoms with Crippen molar-refractivity contribution in [3.05, 3.63) is 71.0 Å². The molecule has 2 N–H and O–H groups in total. The number of aryl methyl sites for hydroxylation is 3. The highest BCUT2D eigenvalue weighted by molar-refractivity contribution is 7.92. The number of nitrogens with one attached hydrogen (secondary N) is 2. The zero-order chi connectivity index (χ0) is 22.8. The van der Waals surface area contributed by atoms with Crippen LogP contribution in [0.3, 0.4) is 0 Å². The Kier molecular flexibility index (Phi) is 6.50. The predicted octanol–water partition coefficient (Wildman–Crippen LogP) is 4.70. The lowest BCUT2D eigenvalue weighted by Crippen LogP contribution is -2.18. The zero-order valence-corrected chi connectivity index (χ0v) is 19.2. The number of anilines is 2. The van der Waals surface area contributed by atoms with Crippen molar-refractivity contribution >= 4 is 27.3 Å². The van der Waals surface area contributed by atoms with E-state index in [9.17, 15) is 13.2 Å². The van der Waals surface area contributed by atoms with Gasteiger partial charge in [-0.3, -0.25) is 14.2 Å². The molecule has 8 heteroatoms. The molecule has 0 aliphatic rings. The molecule has 3 rings (SSSR count). The summed E-state index contributed by atoms with van der Waals surface area (Å²) in [5, 5.41) is 7.27. The van der Waals surface area contributed by atoms with Gasteiger partial charge in [-0.05, 0) is 68.1 Å². The first kappa shape index (κ1) is 22.6. The van der Waals surface area contributed by atoms with Crippen LogP contribution in [-0.4, -0.2) is 24.1 Å². The average Bonchev–Trinajstić information content (AvgIpc) is 3.14. The second kappa shape index (κ2) is 8.93. The molecule has 0 unspecified atom stereocenters. The zero-order valence-electron chi connectivity index (χ0n) is 18.4. The van der Waals surface area contributed by atoms with E-state index < -0.39 is 10.0 Å². The van der Waals surface area contributed by atoms with E-state index in [2.05, 4.69) is 15.1 Å². The maximum absolute atomic E-state index is 13.0. The summed E-state index contributed by atoms with van der Waals surface area (Å²) in [6.45, 7) is 10.1. The Bertz CT molecular complexity index is 1210. The van der Waals surface area contributed by atoms with Gasteiger partial charge in [0.1, 0.15) is 5.69 Å². The molecule has 31 heavy (non-hydrogen) atoms. The molecule has 0 spiro atoms. The summed E-state index contributed by atoms with van der Waals surface area (Å²) in [6.07, 6.45) is 0. The van der Waals surface area contributed by atoms with Gasteiger partial charge >= 0.3 is 0 Å². The third-order valence-electron chi connectivity index (χ3n) is 4.93. The minimum absolute atomic E-state index is 0.110. The topological polar surface area (TPSA) is 93.1 Å². The Labute approximate surface area is 183 Å². The number of carbonyl (C=O) groups excluding carboxylic acids is 1. The summed E-state index contributed by atoms with van der Waals surface area (Å²) in [6, 6.07) is 13.8. The summed E-state index contributed by atoms with van der Waals surface area (Å²) >= 11 is 0. The fraction of sp³-hybridized carbons (Fsp3) is 0.304. The number of benzene rings is 2. The molecule has 7 nitrogen and oxygen atoms in total. The number of hydrogen-bond donors (Lipinski definition) is 2. The Morgan fingerprint density at radius 1 is 1.06 bits per heavy atom. The van der Waals surface area contributed by atoms with E-state index in [0.717, 1.165) is 11.3 Å². The molecule has 3 aromatic rings. The highest BCUT2D eigenvalue weighted by atomic mass is 32.2. The predicted molar refractivity (Wildman–Crippen MR) is 123 cm³/mol. The van der Waals surface area contributed by atoms with Gasteiger partial charge in [0.25, 0.3) is 15.9 Å². The van der Waals surface area contributed by atoms with Crippen LogP contribution in [0.15, 0.2) is 53.4 Å². The summed E-state index contributed by atoms with van der Waals surface area (Å²) in [7, 11) is -3.82. The third kappa shape index (κ3) is 5.14. The van der Waals surface area contributed by atoms with Gasteiger partial charge in [0.05, 0.1) is 10.6 Å². The van der Waals surface area contributed by atoms with Gasteiger partial charge in [-0.25, -0.2) is 8.42 Å². The molecule has 0 saturated carbocycles. The minimum atomic E-state index is -3.82. The Morgan fingerprint density at radius 3 is 2.45 bits per heavy atom. The molecule has 0 radical (unpaired) electrons. The van der Waals surface area contributed by atoms with E-state index in [1.807, 2.05) is 33.8 Å². The molecule has 1 aromatic heterocycles.